The summed E-state index contributed by atoms with van der Waals surface area (Å²) in [7, 11) is 0. The molecule has 1 N–H and O–H groups in total. The molecule has 3 rings (SSSR count). The van der Waals surface area contributed by atoms with Crippen molar-refractivity contribution in [2.45, 2.75) is 25.1 Å². The molecule has 1 aromatic heterocycles. The Morgan fingerprint density at radius 1 is 1.11 bits per heavy atom. The van der Waals surface area contributed by atoms with Crippen LogP contribution in [0.15, 0.2) is 24.3 Å². The predicted octanol–water partition coefficient (Wildman–Crippen LogP) is 3.22. The summed E-state index contributed by atoms with van der Waals surface area (Å²) in [5, 5.41) is 3.64. The Bertz CT molecular complexity index is 591. The van der Waals surface area contributed by atoms with Crippen LogP contribution in [0.2, 0.25) is 0 Å². The van der Waals surface area contributed by atoms with E-state index >= 15 is 0 Å². The molecule has 0 radical (unpaired) electrons. The summed E-state index contributed by atoms with van der Waals surface area (Å²) >= 11 is 0. The van der Waals surface area contributed by atoms with Gasteiger partial charge in [-0.3, -0.25) is 0 Å². The first-order chi connectivity index (χ1) is 8.54. The van der Waals surface area contributed by atoms with E-state index in [1.54, 1.807) is 24.3 Å². The third kappa shape index (κ3) is 2.10. The number of nitrogens with zero attached hydrogens (tertiary/aromatic N) is 2. The molecule has 0 aliphatic heterocycles. The number of alkyl halides is 3. The molecule has 0 saturated heterocycles. The van der Waals surface area contributed by atoms with Gasteiger partial charge in [-0.25, -0.2) is 9.97 Å². The molecule has 1 aliphatic rings. The second-order valence-corrected chi connectivity index (χ2v) is 4.33. The van der Waals surface area contributed by atoms with Gasteiger partial charge in [0.05, 0.1) is 5.52 Å². The first-order valence-corrected chi connectivity index (χ1v) is 5.64. The summed E-state index contributed by atoms with van der Waals surface area (Å²) in [5.74, 6) is -0.820. The topological polar surface area (TPSA) is 37.8 Å². The van der Waals surface area contributed by atoms with Crippen molar-refractivity contribution in [2.24, 2.45) is 0 Å². The normalized spacial score (nSPS) is 15.9. The van der Waals surface area contributed by atoms with E-state index in [0.29, 0.717) is 10.9 Å². The van der Waals surface area contributed by atoms with Gasteiger partial charge in [-0.05, 0) is 25.0 Å². The number of benzene rings is 1. The van der Waals surface area contributed by atoms with Gasteiger partial charge < -0.3 is 5.32 Å². The number of hydrogen-bond acceptors (Lipinski definition) is 3. The number of fused-ring (bicyclic) bond motifs is 1. The van der Waals surface area contributed by atoms with Crippen molar-refractivity contribution in [3.8, 4) is 0 Å². The minimum Gasteiger partial charge on any atom is -0.367 e. The minimum absolute atomic E-state index is 0.240. The zero-order valence-corrected chi connectivity index (χ0v) is 9.33. The van der Waals surface area contributed by atoms with E-state index in [4.69, 9.17) is 0 Å². The standard InChI is InChI=1S/C12H10F3N3/c13-12(14,15)11-17-9-4-2-1-3-8(9)10(18-11)16-7-5-6-7/h1-4,7H,5-6H2,(H,16,17,18). The number of anilines is 1. The first kappa shape index (κ1) is 11.3. The van der Waals surface area contributed by atoms with Crippen molar-refractivity contribution in [3.05, 3.63) is 30.1 Å². The lowest BCUT2D eigenvalue weighted by molar-refractivity contribution is -0.144. The van der Waals surface area contributed by atoms with E-state index in [9.17, 15) is 13.2 Å². The SMILES string of the molecule is FC(F)(F)c1nc(NC2CC2)c2ccccc2n1. The van der Waals surface area contributed by atoms with Crippen LogP contribution in [0, 0.1) is 0 Å². The zero-order chi connectivity index (χ0) is 12.8. The van der Waals surface area contributed by atoms with Gasteiger partial charge in [0, 0.05) is 11.4 Å². The van der Waals surface area contributed by atoms with E-state index in [2.05, 4.69) is 15.3 Å². The second-order valence-electron chi connectivity index (χ2n) is 4.33. The average Bonchev–Trinajstić information content (AvgIpc) is 3.11. The molecule has 2 aromatic rings. The molecule has 6 heteroatoms. The quantitative estimate of drug-likeness (QED) is 0.892. The summed E-state index contributed by atoms with van der Waals surface area (Å²) in [6, 6.07) is 6.95. The summed E-state index contributed by atoms with van der Waals surface area (Å²) in [6.07, 6.45) is -2.58. The van der Waals surface area contributed by atoms with Gasteiger partial charge in [0.15, 0.2) is 0 Å². The molecule has 1 heterocycles. The third-order valence-corrected chi connectivity index (χ3v) is 2.77. The Hall–Kier alpha value is -1.85. The average molecular weight is 253 g/mol. The van der Waals surface area contributed by atoms with Crippen molar-refractivity contribution in [1.29, 1.82) is 0 Å². The van der Waals surface area contributed by atoms with Crippen molar-refractivity contribution < 1.29 is 13.2 Å². The molecule has 0 spiro atoms. The smallest absolute Gasteiger partial charge is 0.367 e. The van der Waals surface area contributed by atoms with Gasteiger partial charge in [-0.15, -0.1) is 0 Å². The molecular weight excluding hydrogens is 243 g/mol. The highest BCUT2D eigenvalue weighted by Gasteiger charge is 2.36. The van der Waals surface area contributed by atoms with Gasteiger partial charge >= 0.3 is 6.18 Å². The molecule has 1 saturated carbocycles. The number of rotatable bonds is 2. The fourth-order valence-corrected chi connectivity index (χ4v) is 1.73. The Kier molecular flexibility index (Phi) is 2.39. The van der Waals surface area contributed by atoms with Crippen molar-refractivity contribution in [3.63, 3.8) is 0 Å². The van der Waals surface area contributed by atoms with Crippen LogP contribution in [0.4, 0.5) is 19.0 Å². The molecule has 0 unspecified atom stereocenters. The highest BCUT2D eigenvalue weighted by Crippen LogP contribution is 2.32. The van der Waals surface area contributed by atoms with Crippen molar-refractivity contribution in [1.82, 2.24) is 9.97 Å². The van der Waals surface area contributed by atoms with E-state index in [1.165, 1.54) is 0 Å². The van der Waals surface area contributed by atoms with Crippen LogP contribution in [-0.4, -0.2) is 16.0 Å². The third-order valence-electron chi connectivity index (χ3n) is 2.77. The van der Waals surface area contributed by atoms with Crippen LogP contribution in [0.5, 0.6) is 0 Å². The lowest BCUT2D eigenvalue weighted by Crippen LogP contribution is -2.14. The largest absolute Gasteiger partial charge is 0.451 e. The van der Waals surface area contributed by atoms with Crippen LogP contribution < -0.4 is 5.32 Å². The summed E-state index contributed by atoms with van der Waals surface area (Å²) in [5.41, 5.74) is 0.308. The maximum atomic E-state index is 12.7. The molecule has 18 heavy (non-hydrogen) atoms. The molecule has 1 aromatic carbocycles. The summed E-state index contributed by atoms with van der Waals surface area (Å²) in [6.45, 7) is 0. The molecule has 0 bridgehead atoms. The summed E-state index contributed by atoms with van der Waals surface area (Å²) in [4.78, 5) is 7.16. The van der Waals surface area contributed by atoms with Crippen molar-refractivity contribution >= 4 is 16.7 Å². The lowest BCUT2D eigenvalue weighted by Gasteiger charge is -2.11. The molecule has 1 fully saturated rings. The number of para-hydroxylation sites is 1. The maximum absolute atomic E-state index is 12.7. The Labute approximate surface area is 101 Å². The van der Waals surface area contributed by atoms with E-state index in [1.807, 2.05) is 0 Å². The van der Waals surface area contributed by atoms with Gasteiger partial charge in [-0.1, -0.05) is 12.1 Å². The summed E-state index contributed by atoms with van der Waals surface area (Å²) < 4.78 is 38.1. The van der Waals surface area contributed by atoms with Gasteiger partial charge in [0.2, 0.25) is 5.82 Å². The first-order valence-electron chi connectivity index (χ1n) is 5.64. The number of nitrogens with one attached hydrogen (secondary N) is 1. The van der Waals surface area contributed by atoms with E-state index in [0.717, 1.165) is 12.8 Å². The van der Waals surface area contributed by atoms with Crippen LogP contribution in [-0.2, 0) is 6.18 Å². The highest BCUT2D eigenvalue weighted by molar-refractivity contribution is 5.89. The molecular formula is C12H10F3N3. The maximum Gasteiger partial charge on any atom is 0.451 e. The number of aromatic nitrogens is 2. The number of hydrogen-bond donors (Lipinski definition) is 1. The van der Waals surface area contributed by atoms with Crippen LogP contribution in [0.3, 0.4) is 0 Å². The Morgan fingerprint density at radius 2 is 1.83 bits per heavy atom. The minimum atomic E-state index is -4.52. The highest BCUT2D eigenvalue weighted by atomic mass is 19.4. The monoisotopic (exact) mass is 253 g/mol. The molecule has 94 valence electrons. The molecule has 0 amide bonds. The zero-order valence-electron chi connectivity index (χ0n) is 9.33. The Morgan fingerprint density at radius 3 is 2.50 bits per heavy atom. The van der Waals surface area contributed by atoms with Crippen LogP contribution >= 0.6 is 0 Å². The molecule has 3 nitrogen and oxygen atoms in total. The second kappa shape index (κ2) is 3.83. The number of halogens is 3. The van der Waals surface area contributed by atoms with Gasteiger partial charge in [0.1, 0.15) is 5.82 Å². The lowest BCUT2D eigenvalue weighted by atomic mass is 10.2. The van der Waals surface area contributed by atoms with Crippen molar-refractivity contribution in [2.75, 3.05) is 5.32 Å². The fourth-order valence-electron chi connectivity index (χ4n) is 1.73. The van der Waals surface area contributed by atoms with E-state index < -0.39 is 12.0 Å². The van der Waals surface area contributed by atoms with Gasteiger partial charge in [0.25, 0.3) is 0 Å². The predicted molar refractivity (Wildman–Crippen MR) is 61.2 cm³/mol. The Balaban J connectivity index is 2.16. The fraction of sp³-hybridized carbons (Fsp3) is 0.333. The molecule has 1 aliphatic carbocycles. The van der Waals surface area contributed by atoms with Crippen LogP contribution in [0.1, 0.15) is 18.7 Å². The van der Waals surface area contributed by atoms with Gasteiger partial charge in [-0.2, -0.15) is 13.2 Å². The van der Waals surface area contributed by atoms with Crippen LogP contribution in [0.25, 0.3) is 10.9 Å². The molecule has 0 atom stereocenters. The van der Waals surface area contributed by atoms with E-state index in [-0.39, 0.29) is 11.9 Å².